The number of carbonyl (C=O) groups excluding carboxylic acids is 2. The molecular weight excluding hydrogens is 400 g/mol. The fourth-order valence-corrected chi connectivity index (χ4v) is 3.42. The predicted molar refractivity (Wildman–Crippen MR) is 116 cm³/mol. The fraction of sp³-hybridized carbons (Fsp3) is 0.500. The van der Waals surface area contributed by atoms with Crippen LogP contribution in [0.4, 0.5) is 0 Å². The number of hydrogen-bond acceptors (Lipinski definition) is 7. The standard InChI is InChI=1S/C24H32O7/c1-15(8-6-10-17(3)13-25)7-5-9-16(2)11-20(27)24-21(28)12-19(14-30-18(4)26)22(29)23(24)31-24/h5,7,9-12,20-21,23,25,27-28H,6,8,13-14H2,1-4H3/b9-5+,15-7+,16-11+,17-10+/t20?,21-,23-,24+/m0/s1. The van der Waals surface area contributed by atoms with Gasteiger partial charge in [0.05, 0.1) is 6.61 Å². The number of aliphatic hydroxyl groups excluding tert-OH is 3. The van der Waals surface area contributed by atoms with Gasteiger partial charge in [-0.3, -0.25) is 9.59 Å². The van der Waals surface area contributed by atoms with E-state index in [-0.39, 0.29) is 18.8 Å². The molecule has 1 unspecified atom stereocenters. The molecule has 1 fully saturated rings. The number of ether oxygens (including phenoxy) is 2. The maximum Gasteiger partial charge on any atom is 0.302 e. The molecule has 0 spiro atoms. The summed E-state index contributed by atoms with van der Waals surface area (Å²) in [5.41, 5.74) is 1.65. The smallest absolute Gasteiger partial charge is 0.302 e. The van der Waals surface area contributed by atoms with E-state index in [0.717, 1.165) is 24.0 Å². The quantitative estimate of drug-likeness (QED) is 0.209. The lowest BCUT2D eigenvalue weighted by Gasteiger charge is -2.25. The van der Waals surface area contributed by atoms with Gasteiger partial charge in [-0.05, 0) is 39.7 Å². The van der Waals surface area contributed by atoms with Crippen LogP contribution in [0.3, 0.4) is 0 Å². The molecular formula is C24H32O7. The second kappa shape index (κ2) is 10.8. The lowest BCUT2D eigenvalue weighted by molar-refractivity contribution is -0.140. The molecule has 2 rings (SSSR count). The molecule has 1 saturated heterocycles. The lowest BCUT2D eigenvalue weighted by atomic mass is 9.82. The average Bonchev–Trinajstić information content (AvgIpc) is 3.47. The molecule has 31 heavy (non-hydrogen) atoms. The van der Waals surface area contributed by atoms with Gasteiger partial charge in [0.15, 0.2) is 17.5 Å². The first-order valence-corrected chi connectivity index (χ1v) is 10.3. The highest BCUT2D eigenvalue weighted by Crippen LogP contribution is 2.48. The van der Waals surface area contributed by atoms with Crippen LogP contribution in [0.1, 0.15) is 40.5 Å². The Labute approximate surface area is 183 Å². The van der Waals surface area contributed by atoms with E-state index < -0.39 is 35.7 Å². The summed E-state index contributed by atoms with van der Waals surface area (Å²) in [6, 6.07) is 0. The molecule has 0 aromatic rings. The highest BCUT2D eigenvalue weighted by Gasteiger charge is 2.70. The summed E-state index contributed by atoms with van der Waals surface area (Å²) in [5.74, 6) is -0.917. The van der Waals surface area contributed by atoms with E-state index in [4.69, 9.17) is 14.6 Å². The molecule has 0 bridgehead atoms. The van der Waals surface area contributed by atoms with Gasteiger partial charge in [0, 0.05) is 12.5 Å². The van der Waals surface area contributed by atoms with Gasteiger partial charge in [-0.2, -0.15) is 0 Å². The average molecular weight is 433 g/mol. The van der Waals surface area contributed by atoms with Gasteiger partial charge in [0.2, 0.25) is 0 Å². The van der Waals surface area contributed by atoms with Crippen molar-refractivity contribution in [3.63, 3.8) is 0 Å². The maximum absolute atomic E-state index is 12.4. The van der Waals surface area contributed by atoms with Gasteiger partial charge >= 0.3 is 5.97 Å². The summed E-state index contributed by atoms with van der Waals surface area (Å²) in [7, 11) is 0. The third-order valence-corrected chi connectivity index (χ3v) is 5.39. The van der Waals surface area contributed by atoms with Gasteiger partial charge in [0.25, 0.3) is 0 Å². The molecule has 3 N–H and O–H groups in total. The molecule has 0 saturated carbocycles. The Kier molecular flexibility index (Phi) is 8.70. The van der Waals surface area contributed by atoms with Crippen molar-refractivity contribution in [3.05, 3.63) is 58.7 Å². The Balaban J connectivity index is 1.98. The largest absolute Gasteiger partial charge is 0.461 e. The molecule has 170 valence electrons. The van der Waals surface area contributed by atoms with Crippen LogP contribution in [0.15, 0.2) is 58.7 Å². The summed E-state index contributed by atoms with van der Waals surface area (Å²) in [4.78, 5) is 23.4. The van der Waals surface area contributed by atoms with Crippen molar-refractivity contribution in [2.45, 2.75) is 64.4 Å². The first-order chi connectivity index (χ1) is 14.6. The monoisotopic (exact) mass is 432 g/mol. The zero-order valence-corrected chi connectivity index (χ0v) is 18.5. The van der Waals surface area contributed by atoms with Crippen molar-refractivity contribution in [3.8, 4) is 0 Å². The lowest BCUT2D eigenvalue weighted by Crippen LogP contribution is -2.46. The number of rotatable bonds is 10. The summed E-state index contributed by atoms with van der Waals surface area (Å²) in [6.45, 7) is 6.80. The second-order valence-electron chi connectivity index (χ2n) is 8.11. The van der Waals surface area contributed by atoms with Crippen LogP contribution >= 0.6 is 0 Å². The number of esters is 1. The molecule has 0 radical (unpaired) electrons. The van der Waals surface area contributed by atoms with Crippen LogP contribution in [-0.2, 0) is 19.1 Å². The SMILES string of the molecule is CC(=O)OCC1=C[C@H](O)[C@@]2(C(O)/C=C(C)/C=C/C=C(\C)CC/C=C(\C)CO)O[C@H]2C1=O. The van der Waals surface area contributed by atoms with Gasteiger partial charge in [0.1, 0.15) is 18.8 Å². The number of fused-ring (bicyclic) bond motifs is 1. The van der Waals surface area contributed by atoms with Crippen molar-refractivity contribution in [1.29, 1.82) is 0 Å². The number of aliphatic hydroxyl groups is 3. The first kappa shape index (κ1) is 24.9. The predicted octanol–water partition coefficient (Wildman–Crippen LogP) is 2.09. The Morgan fingerprint density at radius 3 is 2.65 bits per heavy atom. The molecule has 0 amide bonds. The van der Waals surface area contributed by atoms with Crippen molar-refractivity contribution in [2.75, 3.05) is 13.2 Å². The Bertz CT molecular complexity index is 846. The van der Waals surface area contributed by atoms with Crippen molar-refractivity contribution >= 4 is 11.8 Å². The van der Waals surface area contributed by atoms with Crippen LogP contribution in [-0.4, -0.2) is 64.2 Å². The number of ketones is 1. The number of allylic oxidation sites excluding steroid dienone is 6. The summed E-state index contributed by atoms with van der Waals surface area (Å²) < 4.78 is 10.3. The van der Waals surface area contributed by atoms with Crippen LogP contribution in [0.2, 0.25) is 0 Å². The molecule has 1 aliphatic heterocycles. The topological polar surface area (TPSA) is 117 Å². The van der Waals surface area contributed by atoms with E-state index in [2.05, 4.69) is 0 Å². The van der Waals surface area contributed by atoms with Gasteiger partial charge in [-0.25, -0.2) is 0 Å². The van der Waals surface area contributed by atoms with Gasteiger partial charge in [-0.1, -0.05) is 47.1 Å². The number of Topliss-reactive ketones (excluding diaryl/α,β-unsaturated/α-hetero) is 1. The normalized spacial score (nSPS) is 27.8. The summed E-state index contributed by atoms with van der Waals surface area (Å²) >= 11 is 0. The van der Waals surface area contributed by atoms with Crippen molar-refractivity contribution in [2.24, 2.45) is 0 Å². The van der Waals surface area contributed by atoms with E-state index >= 15 is 0 Å². The van der Waals surface area contributed by atoms with Crippen LogP contribution < -0.4 is 0 Å². The third kappa shape index (κ3) is 6.33. The van der Waals surface area contributed by atoms with Crippen molar-refractivity contribution in [1.82, 2.24) is 0 Å². The van der Waals surface area contributed by atoms with Crippen LogP contribution in [0.25, 0.3) is 0 Å². The summed E-state index contributed by atoms with van der Waals surface area (Å²) in [6.07, 6.45) is 8.93. The second-order valence-corrected chi connectivity index (χ2v) is 8.11. The number of epoxide rings is 1. The third-order valence-electron chi connectivity index (χ3n) is 5.39. The Hall–Kier alpha value is -2.32. The summed E-state index contributed by atoms with van der Waals surface area (Å²) in [5, 5.41) is 30.1. The zero-order chi connectivity index (χ0) is 23.2. The highest BCUT2D eigenvalue weighted by atomic mass is 16.6. The molecule has 1 heterocycles. The molecule has 0 aromatic carbocycles. The van der Waals surface area contributed by atoms with Gasteiger partial charge < -0.3 is 24.8 Å². The number of carbonyl (C=O) groups is 2. The van der Waals surface area contributed by atoms with Crippen LogP contribution in [0.5, 0.6) is 0 Å². The van der Waals surface area contributed by atoms with E-state index in [1.54, 1.807) is 6.08 Å². The van der Waals surface area contributed by atoms with Crippen LogP contribution in [0, 0.1) is 0 Å². The van der Waals surface area contributed by atoms with Gasteiger partial charge in [-0.15, -0.1) is 0 Å². The fourth-order valence-electron chi connectivity index (χ4n) is 3.42. The van der Waals surface area contributed by atoms with Crippen molar-refractivity contribution < 1.29 is 34.4 Å². The molecule has 2 aliphatic rings. The minimum Gasteiger partial charge on any atom is -0.461 e. The molecule has 1 aliphatic carbocycles. The Morgan fingerprint density at radius 1 is 1.29 bits per heavy atom. The molecule has 0 aromatic heterocycles. The first-order valence-electron chi connectivity index (χ1n) is 10.3. The van der Waals surface area contributed by atoms with E-state index in [1.807, 2.05) is 45.1 Å². The van der Waals surface area contributed by atoms with E-state index in [9.17, 15) is 19.8 Å². The Morgan fingerprint density at radius 2 is 2.00 bits per heavy atom. The van der Waals surface area contributed by atoms with E-state index in [1.165, 1.54) is 18.6 Å². The number of hydrogen-bond donors (Lipinski definition) is 3. The minimum atomic E-state index is -1.39. The van der Waals surface area contributed by atoms with E-state index in [0.29, 0.717) is 0 Å². The minimum absolute atomic E-state index is 0.0740. The molecule has 4 atom stereocenters. The maximum atomic E-state index is 12.4. The zero-order valence-electron chi connectivity index (χ0n) is 18.5. The molecule has 7 heteroatoms. The highest BCUT2D eigenvalue weighted by molar-refractivity contribution is 6.03. The molecule has 7 nitrogen and oxygen atoms in total.